The average molecular weight is 329 g/mol. The van der Waals surface area contributed by atoms with Crippen molar-refractivity contribution in [3.63, 3.8) is 0 Å². The molecule has 1 heterocycles. The van der Waals surface area contributed by atoms with Crippen LogP contribution in [-0.2, 0) is 20.8 Å². The van der Waals surface area contributed by atoms with E-state index in [1.165, 1.54) is 0 Å². The van der Waals surface area contributed by atoms with Crippen LogP contribution in [0.5, 0.6) is 0 Å². The monoisotopic (exact) mass is 328 g/mol. The summed E-state index contributed by atoms with van der Waals surface area (Å²) in [5.41, 5.74) is 1.15. The molecule has 5 nitrogen and oxygen atoms in total. The van der Waals surface area contributed by atoms with Gasteiger partial charge in [-0.3, -0.25) is 4.79 Å². The topological polar surface area (TPSA) is 50.8 Å². The summed E-state index contributed by atoms with van der Waals surface area (Å²) in [5.74, 6) is 0.334. The van der Waals surface area contributed by atoms with E-state index >= 15 is 0 Å². The summed E-state index contributed by atoms with van der Waals surface area (Å²) in [7, 11) is 1.65. The molecular formula is C16H25ClN2O3. The molecule has 1 fully saturated rings. The number of ether oxygens (including phenoxy) is 2. The Morgan fingerprint density at radius 3 is 2.55 bits per heavy atom. The predicted octanol–water partition coefficient (Wildman–Crippen LogP) is 1.32. The molecule has 0 bridgehead atoms. The van der Waals surface area contributed by atoms with Crippen LogP contribution in [0.4, 0.5) is 0 Å². The van der Waals surface area contributed by atoms with Crippen LogP contribution < -0.4 is 5.32 Å². The van der Waals surface area contributed by atoms with E-state index in [2.05, 4.69) is 5.32 Å². The van der Waals surface area contributed by atoms with Crippen LogP contribution in [0, 0.1) is 5.92 Å². The predicted molar refractivity (Wildman–Crippen MR) is 88.2 cm³/mol. The number of carbonyl (C=O) groups is 1. The molecule has 1 aliphatic heterocycles. The van der Waals surface area contributed by atoms with Crippen LogP contribution in [0.1, 0.15) is 5.56 Å². The van der Waals surface area contributed by atoms with Gasteiger partial charge in [0.05, 0.1) is 25.7 Å². The maximum absolute atomic E-state index is 12.5. The minimum Gasteiger partial charge on any atom is -0.382 e. The van der Waals surface area contributed by atoms with E-state index in [4.69, 9.17) is 9.47 Å². The lowest BCUT2D eigenvalue weighted by molar-refractivity contribution is -0.138. The smallest absolute Gasteiger partial charge is 0.228 e. The summed E-state index contributed by atoms with van der Waals surface area (Å²) in [6.45, 7) is 4.52. The molecule has 1 N–H and O–H groups in total. The van der Waals surface area contributed by atoms with Gasteiger partial charge in [-0.25, -0.2) is 0 Å². The normalized spacial score (nSPS) is 14.0. The molecule has 124 valence electrons. The molecule has 0 aromatic heterocycles. The van der Waals surface area contributed by atoms with Crippen molar-refractivity contribution in [2.24, 2.45) is 5.92 Å². The molecule has 0 radical (unpaired) electrons. The molecule has 0 saturated carbocycles. The van der Waals surface area contributed by atoms with Crippen molar-refractivity contribution in [3.8, 4) is 0 Å². The quantitative estimate of drug-likeness (QED) is 0.695. The maximum atomic E-state index is 12.5. The summed E-state index contributed by atoms with van der Waals surface area (Å²) >= 11 is 0. The molecule has 0 atom stereocenters. The Balaban J connectivity index is 0.00000242. The van der Waals surface area contributed by atoms with Crippen molar-refractivity contribution in [2.75, 3.05) is 46.6 Å². The molecular weight excluding hydrogens is 304 g/mol. The van der Waals surface area contributed by atoms with Crippen molar-refractivity contribution in [1.82, 2.24) is 10.2 Å². The highest BCUT2D eigenvalue weighted by molar-refractivity contribution is 5.85. The molecule has 0 unspecified atom stereocenters. The van der Waals surface area contributed by atoms with Crippen molar-refractivity contribution < 1.29 is 14.3 Å². The summed E-state index contributed by atoms with van der Waals surface area (Å²) in [6, 6.07) is 10.1. The van der Waals surface area contributed by atoms with E-state index in [1.807, 2.05) is 35.2 Å². The van der Waals surface area contributed by atoms with Crippen LogP contribution in [0.15, 0.2) is 30.3 Å². The number of hydrogen-bond acceptors (Lipinski definition) is 4. The van der Waals surface area contributed by atoms with Gasteiger partial charge in [-0.2, -0.15) is 0 Å². The minimum atomic E-state index is 0. The van der Waals surface area contributed by atoms with Gasteiger partial charge in [0, 0.05) is 33.3 Å². The lowest BCUT2D eigenvalue weighted by Gasteiger charge is -2.32. The number of nitrogens with zero attached hydrogens (tertiary/aromatic N) is 1. The first-order valence-corrected chi connectivity index (χ1v) is 7.41. The minimum absolute atomic E-state index is 0. The molecule has 1 aromatic carbocycles. The molecule has 22 heavy (non-hydrogen) atoms. The highest BCUT2D eigenvalue weighted by Gasteiger charge is 2.29. The van der Waals surface area contributed by atoms with Crippen molar-refractivity contribution in [1.29, 1.82) is 0 Å². The second-order valence-electron chi connectivity index (χ2n) is 5.21. The third kappa shape index (κ3) is 5.93. The van der Waals surface area contributed by atoms with Crippen LogP contribution in [0.2, 0.25) is 0 Å². The number of amides is 1. The van der Waals surface area contributed by atoms with Crippen molar-refractivity contribution in [2.45, 2.75) is 6.54 Å². The van der Waals surface area contributed by atoms with E-state index in [-0.39, 0.29) is 24.2 Å². The van der Waals surface area contributed by atoms with Crippen LogP contribution in [-0.4, -0.2) is 57.4 Å². The summed E-state index contributed by atoms with van der Waals surface area (Å²) in [4.78, 5) is 14.4. The molecule has 1 amide bonds. The number of carbonyl (C=O) groups excluding carboxylic acids is 1. The number of methoxy groups -OCH3 is 1. The lowest BCUT2D eigenvalue weighted by Crippen LogP contribution is -2.52. The van der Waals surface area contributed by atoms with Crippen LogP contribution in [0.3, 0.4) is 0 Å². The maximum Gasteiger partial charge on any atom is 0.228 e. The Kier molecular flexibility index (Phi) is 9.08. The molecule has 1 saturated heterocycles. The van der Waals surface area contributed by atoms with Crippen molar-refractivity contribution >= 4 is 18.3 Å². The number of rotatable bonds is 9. The number of nitrogens with one attached hydrogen (secondary N) is 1. The van der Waals surface area contributed by atoms with Crippen LogP contribution >= 0.6 is 12.4 Å². The van der Waals surface area contributed by atoms with Gasteiger partial charge >= 0.3 is 0 Å². The fraction of sp³-hybridized carbons (Fsp3) is 0.562. The van der Waals surface area contributed by atoms with E-state index in [9.17, 15) is 4.79 Å². The molecule has 0 spiro atoms. The third-order valence-electron chi connectivity index (χ3n) is 3.60. The van der Waals surface area contributed by atoms with Gasteiger partial charge in [0.25, 0.3) is 0 Å². The Bertz CT molecular complexity index is 427. The van der Waals surface area contributed by atoms with E-state index in [1.54, 1.807) is 7.11 Å². The zero-order valence-electron chi connectivity index (χ0n) is 13.0. The molecule has 0 aliphatic carbocycles. The van der Waals surface area contributed by atoms with Gasteiger partial charge in [-0.15, -0.1) is 12.4 Å². The largest absolute Gasteiger partial charge is 0.382 e. The van der Waals surface area contributed by atoms with Gasteiger partial charge in [-0.1, -0.05) is 30.3 Å². The third-order valence-corrected chi connectivity index (χ3v) is 3.60. The Morgan fingerprint density at radius 1 is 1.23 bits per heavy atom. The van der Waals surface area contributed by atoms with Gasteiger partial charge in [-0.05, 0) is 5.56 Å². The summed E-state index contributed by atoms with van der Waals surface area (Å²) < 4.78 is 10.4. The van der Waals surface area contributed by atoms with Crippen molar-refractivity contribution in [3.05, 3.63) is 35.9 Å². The van der Waals surface area contributed by atoms with Gasteiger partial charge in [0.15, 0.2) is 0 Å². The number of hydrogen-bond donors (Lipinski definition) is 1. The van der Waals surface area contributed by atoms with E-state index < -0.39 is 0 Å². The fourth-order valence-corrected chi connectivity index (χ4v) is 2.21. The number of benzene rings is 1. The summed E-state index contributed by atoms with van der Waals surface area (Å²) in [5, 5.41) is 3.15. The SMILES string of the molecule is COCCOCCN(Cc1ccccc1)C(=O)C1CNC1.Cl. The molecule has 1 aliphatic rings. The number of halogens is 1. The Labute approximate surface area is 138 Å². The Hall–Kier alpha value is -1.14. The van der Waals surface area contributed by atoms with Gasteiger partial charge in [0.2, 0.25) is 5.91 Å². The zero-order valence-corrected chi connectivity index (χ0v) is 13.8. The molecule has 6 heteroatoms. The van der Waals surface area contributed by atoms with E-state index in [0.717, 1.165) is 18.7 Å². The zero-order chi connectivity index (χ0) is 14.9. The molecule has 1 aromatic rings. The fourth-order valence-electron chi connectivity index (χ4n) is 2.21. The first kappa shape index (κ1) is 18.9. The van der Waals surface area contributed by atoms with E-state index in [0.29, 0.717) is 32.9 Å². The lowest BCUT2D eigenvalue weighted by atomic mass is 10.0. The second-order valence-corrected chi connectivity index (χ2v) is 5.21. The standard InChI is InChI=1S/C16H24N2O3.ClH/c1-20-9-10-21-8-7-18(16(19)15-11-17-12-15)13-14-5-3-2-4-6-14;/h2-6,15,17H,7-13H2,1H3;1H. The highest BCUT2D eigenvalue weighted by atomic mass is 35.5. The highest BCUT2D eigenvalue weighted by Crippen LogP contribution is 2.12. The molecule has 2 rings (SSSR count). The average Bonchev–Trinajstić information content (AvgIpc) is 2.45. The first-order valence-electron chi connectivity index (χ1n) is 7.41. The van der Waals surface area contributed by atoms with Gasteiger partial charge < -0.3 is 19.7 Å². The van der Waals surface area contributed by atoms with Crippen LogP contribution in [0.25, 0.3) is 0 Å². The Morgan fingerprint density at radius 2 is 1.95 bits per heavy atom. The van der Waals surface area contributed by atoms with Gasteiger partial charge in [0.1, 0.15) is 0 Å². The summed E-state index contributed by atoms with van der Waals surface area (Å²) in [6.07, 6.45) is 0. The first-order chi connectivity index (χ1) is 10.3. The second kappa shape index (κ2) is 10.6.